The Morgan fingerprint density at radius 3 is 2.06 bits per heavy atom. The van der Waals surface area contributed by atoms with E-state index in [1.165, 1.54) is 0 Å². The summed E-state index contributed by atoms with van der Waals surface area (Å²) < 4.78 is 21.4. The van der Waals surface area contributed by atoms with Gasteiger partial charge in [0.2, 0.25) is 0 Å². The van der Waals surface area contributed by atoms with E-state index in [-0.39, 0.29) is 6.10 Å². The van der Waals surface area contributed by atoms with E-state index in [9.17, 15) is 5.11 Å². The molecule has 96 valence electrons. The SMILES string of the molecule is COC(C)(C)O[C@H]1CC(OC)(OC)C[C@H]1O. The fraction of sp³-hybridized carbons (Fsp3) is 1.00. The van der Waals surface area contributed by atoms with Gasteiger partial charge in [-0.25, -0.2) is 0 Å². The van der Waals surface area contributed by atoms with Gasteiger partial charge >= 0.3 is 0 Å². The van der Waals surface area contributed by atoms with Crippen LogP contribution in [0.3, 0.4) is 0 Å². The highest BCUT2D eigenvalue weighted by molar-refractivity contribution is 4.91. The van der Waals surface area contributed by atoms with Crippen LogP contribution in [-0.2, 0) is 18.9 Å². The van der Waals surface area contributed by atoms with Gasteiger partial charge in [0.15, 0.2) is 11.6 Å². The van der Waals surface area contributed by atoms with Crippen LogP contribution in [0.5, 0.6) is 0 Å². The van der Waals surface area contributed by atoms with E-state index in [0.717, 1.165) is 0 Å². The Labute approximate surface area is 96.6 Å². The number of ether oxygens (including phenoxy) is 4. The van der Waals surface area contributed by atoms with Gasteiger partial charge in [-0.3, -0.25) is 0 Å². The van der Waals surface area contributed by atoms with Crippen molar-refractivity contribution < 1.29 is 24.1 Å². The van der Waals surface area contributed by atoms with Gasteiger partial charge in [0, 0.05) is 34.2 Å². The van der Waals surface area contributed by atoms with Crippen LogP contribution in [-0.4, -0.2) is 50.2 Å². The van der Waals surface area contributed by atoms with E-state index in [2.05, 4.69) is 0 Å². The van der Waals surface area contributed by atoms with Gasteiger partial charge < -0.3 is 24.1 Å². The molecule has 0 bridgehead atoms. The van der Waals surface area contributed by atoms with E-state index in [0.29, 0.717) is 12.8 Å². The zero-order valence-corrected chi connectivity index (χ0v) is 10.6. The molecule has 1 aliphatic carbocycles. The third kappa shape index (κ3) is 2.93. The lowest BCUT2D eigenvalue weighted by Gasteiger charge is -2.29. The molecular formula is C11H22O5. The second-order valence-corrected chi connectivity index (χ2v) is 4.55. The Balaban J connectivity index is 2.64. The highest BCUT2D eigenvalue weighted by Crippen LogP contribution is 2.37. The summed E-state index contributed by atoms with van der Waals surface area (Å²) in [5, 5.41) is 9.91. The molecule has 1 rings (SSSR count). The zero-order chi connectivity index (χ0) is 12.4. The van der Waals surface area contributed by atoms with Crippen molar-refractivity contribution in [1.29, 1.82) is 0 Å². The molecule has 0 aromatic rings. The summed E-state index contributed by atoms with van der Waals surface area (Å²) in [4.78, 5) is 0. The first-order chi connectivity index (χ1) is 7.38. The van der Waals surface area contributed by atoms with Crippen molar-refractivity contribution in [2.75, 3.05) is 21.3 Å². The number of aliphatic hydroxyl groups excluding tert-OH is 1. The standard InChI is InChI=1S/C11H22O5/c1-10(2,13-3)16-9-7-11(14-4,15-5)6-8(9)12/h8-9,12H,6-7H2,1-5H3/t8-,9+/m1/s1. The van der Waals surface area contributed by atoms with Crippen molar-refractivity contribution in [3.05, 3.63) is 0 Å². The molecule has 1 aliphatic rings. The number of hydrogen-bond donors (Lipinski definition) is 1. The van der Waals surface area contributed by atoms with Crippen molar-refractivity contribution in [1.82, 2.24) is 0 Å². The first-order valence-corrected chi connectivity index (χ1v) is 5.39. The van der Waals surface area contributed by atoms with Crippen LogP contribution in [0.15, 0.2) is 0 Å². The Bertz CT molecular complexity index is 224. The second kappa shape index (κ2) is 4.98. The Hall–Kier alpha value is -0.200. The monoisotopic (exact) mass is 234 g/mol. The summed E-state index contributed by atoms with van der Waals surface area (Å²) in [6, 6.07) is 0. The van der Waals surface area contributed by atoms with Crippen LogP contribution < -0.4 is 0 Å². The number of aliphatic hydroxyl groups is 1. The first-order valence-electron chi connectivity index (χ1n) is 5.39. The largest absolute Gasteiger partial charge is 0.390 e. The Morgan fingerprint density at radius 1 is 1.12 bits per heavy atom. The molecule has 1 N–H and O–H groups in total. The summed E-state index contributed by atoms with van der Waals surface area (Å²) in [5.74, 6) is -1.46. The van der Waals surface area contributed by atoms with Crippen molar-refractivity contribution >= 4 is 0 Å². The maximum Gasteiger partial charge on any atom is 0.172 e. The molecule has 16 heavy (non-hydrogen) atoms. The minimum atomic E-state index is -0.742. The van der Waals surface area contributed by atoms with Gasteiger partial charge in [-0.2, -0.15) is 0 Å². The topological polar surface area (TPSA) is 57.2 Å². The van der Waals surface area contributed by atoms with E-state index in [1.54, 1.807) is 35.2 Å². The zero-order valence-electron chi connectivity index (χ0n) is 10.6. The van der Waals surface area contributed by atoms with Crippen molar-refractivity contribution in [3.8, 4) is 0 Å². The van der Waals surface area contributed by atoms with Crippen LogP contribution in [0.1, 0.15) is 26.7 Å². The molecular weight excluding hydrogens is 212 g/mol. The number of methoxy groups -OCH3 is 3. The lowest BCUT2D eigenvalue weighted by atomic mass is 10.2. The van der Waals surface area contributed by atoms with E-state index < -0.39 is 17.7 Å². The van der Waals surface area contributed by atoms with Crippen molar-refractivity contribution in [2.24, 2.45) is 0 Å². The van der Waals surface area contributed by atoms with Crippen molar-refractivity contribution in [3.63, 3.8) is 0 Å². The Morgan fingerprint density at radius 2 is 1.69 bits per heavy atom. The van der Waals surface area contributed by atoms with Gasteiger partial charge in [-0.15, -0.1) is 0 Å². The summed E-state index contributed by atoms with van der Waals surface area (Å²) in [6.45, 7) is 3.61. The molecule has 2 atom stereocenters. The molecule has 1 fully saturated rings. The summed E-state index contributed by atoms with van der Waals surface area (Å²) in [7, 11) is 4.71. The lowest BCUT2D eigenvalue weighted by Crippen LogP contribution is -2.36. The van der Waals surface area contributed by atoms with Crippen LogP contribution in [0.4, 0.5) is 0 Å². The molecule has 0 amide bonds. The highest BCUT2D eigenvalue weighted by atomic mass is 16.7. The van der Waals surface area contributed by atoms with E-state index >= 15 is 0 Å². The average Bonchev–Trinajstić information content (AvgIpc) is 2.56. The molecule has 0 heterocycles. The first kappa shape index (κ1) is 13.9. The van der Waals surface area contributed by atoms with Crippen LogP contribution in [0.2, 0.25) is 0 Å². The highest BCUT2D eigenvalue weighted by Gasteiger charge is 2.47. The summed E-state index contributed by atoms with van der Waals surface area (Å²) >= 11 is 0. The molecule has 5 heteroatoms. The lowest BCUT2D eigenvalue weighted by molar-refractivity contribution is -0.245. The van der Waals surface area contributed by atoms with Crippen LogP contribution >= 0.6 is 0 Å². The predicted octanol–water partition coefficient (Wildman–Crippen LogP) is 0.898. The van der Waals surface area contributed by atoms with Crippen LogP contribution in [0.25, 0.3) is 0 Å². The maximum absolute atomic E-state index is 9.91. The number of rotatable bonds is 5. The summed E-state index contributed by atoms with van der Waals surface area (Å²) in [6.07, 6.45) is -0.0394. The Kier molecular flexibility index (Phi) is 4.31. The minimum Gasteiger partial charge on any atom is -0.390 e. The van der Waals surface area contributed by atoms with Gasteiger partial charge in [-0.05, 0) is 13.8 Å². The molecule has 0 spiro atoms. The van der Waals surface area contributed by atoms with Crippen LogP contribution in [0, 0.1) is 0 Å². The molecule has 1 saturated carbocycles. The molecule has 5 nitrogen and oxygen atoms in total. The third-order valence-corrected chi connectivity index (χ3v) is 3.13. The van der Waals surface area contributed by atoms with Gasteiger partial charge in [0.1, 0.15) is 0 Å². The van der Waals surface area contributed by atoms with Gasteiger partial charge in [0.05, 0.1) is 12.2 Å². The maximum atomic E-state index is 9.91. The molecule has 0 unspecified atom stereocenters. The summed E-state index contributed by atoms with van der Waals surface area (Å²) in [5.41, 5.74) is 0. The van der Waals surface area contributed by atoms with Crippen molar-refractivity contribution in [2.45, 2.75) is 50.5 Å². The average molecular weight is 234 g/mol. The molecule has 0 aromatic carbocycles. The fourth-order valence-electron chi connectivity index (χ4n) is 1.93. The predicted molar refractivity (Wildman–Crippen MR) is 58.0 cm³/mol. The fourth-order valence-corrected chi connectivity index (χ4v) is 1.93. The quantitative estimate of drug-likeness (QED) is 0.716. The van der Waals surface area contributed by atoms with Gasteiger partial charge in [-0.1, -0.05) is 0 Å². The molecule has 0 aliphatic heterocycles. The minimum absolute atomic E-state index is 0.338. The smallest absolute Gasteiger partial charge is 0.172 e. The normalized spacial score (nSPS) is 29.6. The molecule has 0 saturated heterocycles. The molecule has 0 radical (unpaired) electrons. The second-order valence-electron chi connectivity index (χ2n) is 4.55. The third-order valence-electron chi connectivity index (χ3n) is 3.13. The van der Waals surface area contributed by atoms with E-state index in [1.807, 2.05) is 0 Å². The molecule has 0 aromatic heterocycles. The van der Waals surface area contributed by atoms with Gasteiger partial charge in [0.25, 0.3) is 0 Å². The van der Waals surface area contributed by atoms with E-state index in [4.69, 9.17) is 18.9 Å². The number of hydrogen-bond acceptors (Lipinski definition) is 5.